The van der Waals surface area contributed by atoms with Crippen LogP contribution < -0.4 is 11.2 Å². The van der Waals surface area contributed by atoms with Crippen LogP contribution in [0.4, 0.5) is 0 Å². The van der Waals surface area contributed by atoms with Crippen molar-refractivity contribution < 1.29 is 4.74 Å². The second-order valence-corrected chi connectivity index (χ2v) is 9.13. The van der Waals surface area contributed by atoms with Crippen molar-refractivity contribution in [2.45, 2.75) is 43.0 Å². The fourth-order valence-electron chi connectivity index (χ4n) is 3.53. The van der Waals surface area contributed by atoms with E-state index in [1.165, 1.54) is 16.3 Å². The number of benzene rings is 3. The molecule has 0 amide bonds. The molecule has 1 aromatic heterocycles. The van der Waals surface area contributed by atoms with Gasteiger partial charge in [0.2, 0.25) is 0 Å². The molecule has 3 aromatic carbocycles. The van der Waals surface area contributed by atoms with Gasteiger partial charge in [-0.05, 0) is 22.9 Å². The Kier molecular flexibility index (Phi) is 6.84. The van der Waals surface area contributed by atoms with Crippen LogP contribution in [0.2, 0.25) is 5.02 Å². The van der Waals surface area contributed by atoms with E-state index < -0.39 is 5.69 Å². The van der Waals surface area contributed by atoms with E-state index in [0.29, 0.717) is 22.2 Å². The monoisotopic (exact) mass is 466 g/mol. The topological polar surface area (TPSA) is 64.1 Å². The van der Waals surface area contributed by atoms with Gasteiger partial charge in [0, 0.05) is 10.3 Å². The number of aromatic amines is 1. The first-order valence-electron chi connectivity index (χ1n) is 10.3. The van der Waals surface area contributed by atoms with Crippen LogP contribution in [0.25, 0.3) is 10.8 Å². The van der Waals surface area contributed by atoms with Crippen LogP contribution >= 0.6 is 23.4 Å². The van der Waals surface area contributed by atoms with E-state index in [9.17, 15) is 9.59 Å². The van der Waals surface area contributed by atoms with Gasteiger partial charge in [0.05, 0.1) is 22.2 Å². The van der Waals surface area contributed by atoms with E-state index in [1.54, 1.807) is 0 Å². The van der Waals surface area contributed by atoms with E-state index >= 15 is 0 Å². The molecular weight excluding hydrogens is 444 g/mol. The summed E-state index contributed by atoms with van der Waals surface area (Å²) in [7, 11) is 0. The van der Waals surface area contributed by atoms with E-state index in [2.05, 4.69) is 4.98 Å². The molecule has 5 nitrogen and oxygen atoms in total. The number of rotatable bonds is 7. The van der Waals surface area contributed by atoms with Crippen molar-refractivity contribution in [2.75, 3.05) is 0 Å². The maximum atomic E-state index is 12.7. The highest BCUT2D eigenvalue weighted by Gasteiger charge is 2.20. The second kappa shape index (κ2) is 9.77. The van der Waals surface area contributed by atoms with Gasteiger partial charge in [0.1, 0.15) is 6.73 Å². The number of aromatic nitrogens is 2. The smallest absolute Gasteiger partial charge is 0.331 e. The highest BCUT2D eigenvalue weighted by Crippen LogP contribution is 2.39. The van der Waals surface area contributed by atoms with Gasteiger partial charge in [-0.2, -0.15) is 0 Å². The fourth-order valence-corrected chi connectivity index (χ4v) is 5.11. The first kappa shape index (κ1) is 22.4. The highest BCUT2D eigenvalue weighted by atomic mass is 35.5. The average molecular weight is 467 g/mol. The highest BCUT2D eigenvalue weighted by molar-refractivity contribution is 7.99. The molecule has 0 aliphatic heterocycles. The average Bonchev–Trinajstić information content (AvgIpc) is 2.78. The fraction of sp³-hybridized carbons (Fsp3) is 0.200. The summed E-state index contributed by atoms with van der Waals surface area (Å²) in [4.78, 5) is 28.6. The van der Waals surface area contributed by atoms with Gasteiger partial charge in [-0.25, -0.2) is 4.79 Å². The third kappa shape index (κ3) is 4.67. The Labute approximate surface area is 195 Å². The van der Waals surface area contributed by atoms with E-state index in [0.717, 1.165) is 21.2 Å². The number of hydrogen-bond donors (Lipinski definition) is 1. The Bertz CT molecular complexity index is 1360. The van der Waals surface area contributed by atoms with Gasteiger partial charge in [0.25, 0.3) is 5.56 Å². The molecule has 0 aliphatic carbocycles. The zero-order valence-electron chi connectivity index (χ0n) is 17.8. The van der Waals surface area contributed by atoms with Crippen LogP contribution in [0.5, 0.6) is 0 Å². The van der Waals surface area contributed by atoms with Gasteiger partial charge < -0.3 is 4.74 Å². The number of fused-ring (bicyclic) bond motifs is 1. The lowest BCUT2D eigenvalue weighted by atomic mass is 10.1. The molecule has 7 heteroatoms. The van der Waals surface area contributed by atoms with E-state index in [1.807, 2.05) is 80.6 Å². The number of hydrogen-bond acceptors (Lipinski definition) is 4. The number of H-pyrrole nitrogens is 1. The maximum Gasteiger partial charge on any atom is 0.331 e. The van der Waals surface area contributed by atoms with Crippen LogP contribution in [0.3, 0.4) is 0 Å². The number of halogens is 1. The molecule has 0 radical (unpaired) electrons. The third-order valence-corrected chi connectivity index (χ3v) is 6.84. The molecule has 1 heterocycles. The predicted octanol–water partition coefficient (Wildman–Crippen LogP) is 5.79. The summed E-state index contributed by atoms with van der Waals surface area (Å²) < 4.78 is 7.30. The Morgan fingerprint density at radius 1 is 1.00 bits per heavy atom. The van der Waals surface area contributed by atoms with Gasteiger partial charge in [-0.1, -0.05) is 97.9 Å². The third-order valence-electron chi connectivity index (χ3n) is 5.13. The van der Waals surface area contributed by atoms with Crippen molar-refractivity contribution >= 4 is 34.1 Å². The molecule has 4 aromatic rings. The minimum Gasteiger partial charge on any atom is -0.356 e. The SMILES string of the molecule is CC(C)c1c(Sc2ccc3ccccc3c2Cl)n(COCc2ccccc2)c(=O)[nH]c1=O. The Morgan fingerprint density at radius 3 is 2.47 bits per heavy atom. The number of nitrogens with one attached hydrogen (secondary N) is 1. The largest absolute Gasteiger partial charge is 0.356 e. The van der Waals surface area contributed by atoms with Gasteiger partial charge in [0.15, 0.2) is 0 Å². The second-order valence-electron chi connectivity index (χ2n) is 7.72. The number of ether oxygens (including phenoxy) is 1. The van der Waals surface area contributed by atoms with Crippen molar-refractivity contribution in [3.05, 3.63) is 104 Å². The summed E-state index contributed by atoms with van der Waals surface area (Å²) in [6, 6.07) is 21.5. The molecule has 4 rings (SSSR count). The maximum absolute atomic E-state index is 12.7. The first-order valence-corrected chi connectivity index (χ1v) is 11.5. The van der Waals surface area contributed by atoms with Crippen LogP contribution in [-0.4, -0.2) is 9.55 Å². The molecule has 0 saturated carbocycles. The molecule has 164 valence electrons. The quantitative estimate of drug-likeness (QED) is 0.350. The van der Waals surface area contributed by atoms with E-state index in [4.69, 9.17) is 16.3 Å². The Balaban J connectivity index is 1.74. The summed E-state index contributed by atoms with van der Waals surface area (Å²) >= 11 is 8.03. The first-order chi connectivity index (χ1) is 15.5. The molecule has 0 aliphatic rings. The molecule has 1 N–H and O–H groups in total. The summed E-state index contributed by atoms with van der Waals surface area (Å²) in [5.41, 5.74) is 0.638. The zero-order chi connectivity index (χ0) is 22.7. The Morgan fingerprint density at radius 2 is 1.72 bits per heavy atom. The number of nitrogens with zero attached hydrogens (tertiary/aromatic N) is 1. The summed E-state index contributed by atoms with van der Waals surface area (Å²) in [5, 5.41) is 3.08. The molecule has 0 fully saturated rings. The van der Waals surface area contributed by atoms with Crippen LogP contribution in [0.1, 0.15) is 30.9 Å². The molecule has 0 atom stereocenters. The van der Waals surface area contributed by atoms with Crippen LogP contribution in [0.15, 0.2) is 86.2 Å². The molecule has 0 saturated heterocycles. The van der Waals surface area contributed by atoms with Crippen LogP contribution in [0, 0.1) is 0 Å². The lowest BCUT2D eigenvalue weighted by Crippen LogP contribution is -2.35. The lowest BCUT2D eigenvalue weighted by Gasteiger charge is -2.18. The normalized spacial score (nSPS) is 11.4. The minimum atomic E-state index is -0.508. The predicted molar refractivity (Wildman–Crippen MR) is 130 cm³/mol. The van der Waals surface area contributed by atoms with Crippen molar-refractivity contribution in [3.63, 3.8) is 0 Å². The van der Waals surface area contributed by atoms with Gasteiger partial charge in [-0.3, -0.25) is 14.3 Å². The van der Waals surface area contributed by atoms with Gasteiger partial charge in [-0.15, -0.1) is 0 Å². The Hall–Kier alpha value is -2.80. The lowest BCUT2D eigenvalue weighted by molar-refractivity contribution is 0.0549. The van der Waals surface area contributed by atoms with E-state index in [-0.39, 0.29) is 18.2 Å². The van der Waals surface area contributed by atoms with Crippen LogP contribution in [-0.2, 0) is 18.1 Å². The zero-order valence-corrected chi connectivity index (χ0v) is 19.4. The van der Waals surface area contributed by atoms with Crippen molar-refractivity contribution in [1.82, 2.24) is 9.55 Å². The van der Waals surface area contributed by atoms with Crippen molar-refractivity contribution in [3.8, 4) is 0 Å². The van der Waals surface area contributed by atoms with Crippen molar-refractivity contribution in [1.29, 1.82) is 0 Å². The molecule has 32 heavy (non-hydrogen) atoms. The molecule has 0 unspecified atom stereocenters. The summed E-state index contributed by atoms with van der Waals surface area (Å²) in [5.74, 6) is -0.0959. The molecule has 0 bridgehead atoms. The molecular formula is C25H23ClN2O3S. The summed E-state index contributed by atoms with van der Waals surface area (Å²) in [6.45, 7) is 4.22. The van der Waals surface area contributed by atoms with Crippen molar-refractivity contribution in [2.24, 2.45) is 0 Å². The van der Waals surface area contributed by atoms with Gasteiger partial charge >= 0.3 is 5.69 Å². The molecule has 0 spiro atoms. The summed E-state index contributed by atoms with van der Waals surface area (Å²) in [6.07, 6.45) is 0. The standard InChI is InChI=1S/C25H23ClN2O3S/c1-16(2)21-23(29)27-25(30)28(15-31-14-17-8-4-3-5-9-17)24(21)32-20-13-12-18-10-6-7-11-19(18)22(20)26/h3-13,16H,14-15H2,1-2H3,(H,27,29,30). The minimum absolute atomic E-state index is 0.0117.